The molecule has 0 unspecified atom stereocenters. The molecule has 0 N–H and O–H groups in total. The van der Waals surface area contributed by atoms with Crippen LogP contribution in [0.5, 0.6) is 11.5 Å². The van der Waals surface area contributed by atoms with Gasteiger partial charge in [-0.2, -0.15) is 0 Å². The van der Waals surface area contributed by atoms with E-state index in [-0.39, 0.29) is 0 Å². The van der Waals surface area contributed by atoms with Gasteiger partial charge in [-0.15, -0.1) is 10.2 Å². The average molecular weight is 406 g/mol. The first kappa shape index (κ1) is 16.9. The Kier molecular flexibility index (Phi) is 5.42. The van der Waals surface area contributed by atoms with Crippen molar-refractivity contribution in [3.8, 4) is 17.2 Å². The molecule has 1 heterocycles. The van der Waals surface area contributed by atoms with Crippen molar-refractivity contribution < 1.29 is 9.47 Å². The topological polar surface area (TPSA) is 49.2 Å². The molecular weight excluding hydrogens is 390 g/mol. The standard InChI is InChI=1S/C17H16BrN3O2S/c1-22-15-5-3-4-14(9-15)21-11-19-20-17(21)24-10-12-8-13(18)6-7-16(12)23-2/h3-9,11H,10H2,1-2H3. The highest BCUT2D eigenvalue weighted by atomic mass is 79.9. The zero-order chi connectivity index (χ0) is 16.9. The van der Waals surface area contributed by atoms with E-state index >= 15 is 0 Å². The van der Waals surface area contributed by atoms with Crippen molar-refractivity contribution in [3.63, 3.8) is 0 Å². The number of benzene rings is 2. The van der Waals surface area contributed by atoms with Crippen LogP contribution in [0.15, 0.2) is 58.4 Å². The maximum absolute atomic E-state index is 5.42. The lowest BCUT2D eigenvalue weighted by atomic mass is 10.2. The fourth-order valence-corrected chi connectivity index (χ4v) is 3.58. The maximum Gasteiger partial charge on any atom is 0.195 e. The van der Waals surface area contributed by atoms with Gasteiger partial charge in [-0.05, 0) is 30.3 Å². The molecule has 2 aromatic carbocycles. The van der Waals surface area contributed by atoms with Gasteiger partial charge in [-0.3, -0.25) is 4.57 Å². The van der Waals surface area contributed by atoms with E-state index in [1.807, 2.05) is 41.0 Å². The minimum absolute atomic E-state index is 0.727. The first-order valence-electron chi connectivity index (χ1n) is 7.21. The summed E-state index contributed by atoms with van der Waals surface area (Å²) in [6, 6.07) is 13.8. The minimum atomic E-state index is 0.727. The number of aromatic nitrogens is 3. The fraction of sp³-hybridized carbons (Fsp3) is 0.176. The van der Waals surface area contributed by atoms with Crippen molar-refractivity contribution in [2.75, 3.05) is 14.2 Å². The molecule has 0 aliphatic rings. The van der Waals surface area contributed by atoms with Crippen molar-refractivity contribution in [3.05, 3.63) is 58.8 Å². The van der Waals surface area contributed by atoms with E-state index in [4.69, 9.17) is 9.47 Å². The van der Waals surface area contributed by atoms with Gasteiger partial charge in [0.05, 0.1) is 19.9 Å². The second-order valence-electron chi connectivity index (χ2n) is 4.93. The summed E-state index contributed by atoms with van der Waals surface area (Å²) in [5.74, 6) is 2.38. The van der Waals surface area contributed by atoms with Crippen LogP contribution in [-0.4, -0.2) is 29.0 Å². The smallest absolute Gasteiger partial charge is 0.195 e. The zero-order valence-corrected chi connectivity index (χ0v) is 15.7. The van der Waals surface area contributed by atoms with Gasteiger partial charge in [0.25, 0.3) is 0 Å². The Labute approximate surface area is 153 Å². The number of methoxy groups -OCH3 is 2. The number of thioether (sulfide) groups is 1. The van der Waals surface area contributed by atoms with Gasteiger partial charge in [-0.1, -0.05) is 33.8 Å². The Bertz CT molecular complexity index is 838. The molecular formula is C17H16BrN3O2S. The molecule has 5 nitrogen and oxygen atoms in total. The summed E-state index contributed by atoms with van der Waals surface area (Å²) in [7, 11) is 3.33. The van der Waals surface area contributed by atoms with Crippen LogP contribution in [-0.2, 0) is 5.75 Å². The van der Waals surface area contributed by atoms with Gasteiger partial charge < -0.3 is 9.47 Å². The van der Waals surface area contributed by atoms with E-state index in [0.717, 1.165) is 38.1 Å². The van der Waals surface area contributed by atoms with E-state index in [9.17, 15) is 0 Å². The molecule has 0 saturated carbocycles. The number of rotatable bonds is 6. The Balaban J connectivity index is 1.83. The average Bonchev–Trinajstić information content (AvgIpc) is 3.08. The maximum atomic E-state index is 5.42. The number of nitrogens with zero attached hydrogens (tertiary/aromatic N) is 3. The molecule has 0 atom stereocenters. The second kappa shape index (κ2) is 7.72. The summed E-state index contributed by atoms with van der Waals surface area (Å²) in [4.78, 5) is 0. The molecule has 0 spiro atoms. The monoisotopic (exact) mass is 405 g/mol. The predicted molar refractivity (Wildman–Crippen MR) is 98.2 cm³/mol. The van der Waals surface area contributed by atoms with Crippen LogP contribution in [0.1, 0.15) is 5.56 Å². The van der Waals surface area contributed by atoms with E-state index in [1.54, 1.807) is 32.3 Å². The minimum Gasteiger partial charge on any atom is -0.497 e. The van der Waals surface area contributed by atoms with Crippen molar-refractivity contribution in [1.29, 1.82) is 0 Å². The van der Waals surface area contributed by atoms with Crippen molar-refractivity contribution in [2.45, 2.75) is 10.9 Å². The first-order valence-corrected chi connectivity index (χ1v) is 8.99. The number of hydrogen-bond acceptors (Lipinski definition) is 5. The van der Waals surface area contributed by atoms with Crippen LogP contribution < -0.4 is 9.47 Å². The van der Waals surface area contributed by atoms with Gasteiger partial charge in [0.1, 0.15) is 17.8 Å². The molecule has 124 valence electrons. The van der Waals surface area contributed by atoms with Gasteiger partial charge in [-0.25, -0.2) is 0 Å². The summed E-state index contributed by atoms with van der Waals surface area (Å²) in [5, 5.41) is 9.07. The van der Waals surface area contributed by atoms with Gasteiger partial charge in [0.15, 0.2) is 5.16 Å². The van der Waals surface area contributed by atoms with Gasteiger partial charge in [0.2, 0.25) is 0 Å². The molecule has 0 bridgehead atoms. The highest BCUT2D eigenvalue weighted by Crippen LogP contribution is 2.30. The van der Waals surface area contributed by atoms with Gasteiger partial charge in [0, 0.05) is 21.9 Å². The summed E-state index contributed by atoms with van der Waals surface area (Å²) in [6.07, 6.45) is 1.70. The molecule has 0 amide bonds. The van der Waals surface area contributed by atoms with Gasteiger partial charge >= 0.3 is 0 Å². The van der Waals surface area contributed by atoms with Crippen LogP contribution >= 0.6 is 27.7 Å². The summed E-state index contributed by atoms with van der Waals surface area (Å²) < 4.78 is 13.7. The summed E-state index contributed by atoms with van der Waals surface area (Å²) >= 11 is 5.10. The molecule has 0 radical (unpaired) electrons. The lowest BCUT2D eigenvalue weighted by Crippen LogP contribution is -1.97. The first-order chi connectivity index (χ1) is 11.7. The SMILES string of the molecule is COc1cccc(-n2cnnc2SCc2cc(Br)ccc2OC)c1. The lowest BCUT2D eigenvalue weighted by molar-refractivity contribution is 0.411. The van der Waals surface area contributed by atoms with Crippen LogP contribution in [0.25, 0.3) is 5.69 Å². The molecule has 24 heavy (non-hydrogen) atoms. The molecule has 0 aliphatic carbocycles. The Morgan fingerprint density at radius 1 is 1.12 bits per heavy atom. The Morgan fingerprint density at radius 2 is 2.00 bits per heavy atom. The highest BCUT2D eigenvalue weighted by molar-refractivity contribution is 9.10. The van der Waals surface area contributed by atoms with Crippen LogP contribution in [0.3, 0.4) is 0 Å². The molecule has 1 aromatic heterocycles. The lowest BCUT2D eigenvalue weighted by Gasteiger charge is -2.10. The molecule has 3 aromatic rings. The van der Waals surface area contributed by atoms with Crippen molar-refractivity contribution in [2.24, 2.45) is 0 Å². The second-order valence-corrected chi connectivity index (χ2v) is 6.79. The molecule has 0 aliphatic heterocycles. The predicted octanol–water partition coefficient (Wildman–Crippen LogP) is 4.34. The third-order valence-corrected chi connectivity index (χ3v) is 4.93. The Hall–Kier alpha value is -1.99. The molecule has 0 fully saturated rings. The van der Waals surface area contributed by atoms with E-state index in [0.29, 0.717) is 0 Å². The number of ether oxygens (including phenoxy) is 2. The van der Waals surface area contributed by atoms with Crippen LogP contribution in [0, 0.1) is 0 Å². The number of halogens is 1. The summed E-state index contributed by atoms with van der Waals surface area (Å²) in [5.41, 5.74) is 2.06. The van der Waals surface area contributed by atoms with Crippen LogP contribution in [0.4, 0.5) is 0 Å². The quantitative estimate of drug-likeness (QED) is 0.570. The van der Waals surface area contributed by atoms with Crippen LogP contribution in [0.2, 0.25) is 0 Å². The molecule has 7 heteroatoms. The highest BCUT2D eigenvalue weighted by Gasteiger charge is 2.11. The third-order valence-electron chi connectivity index (χ3n) is 3.45. The summed E-state index contributed by atoms with van der Waals surface area (Å²) in [6.45, 7) is 0. The van der Waals surface area contributed by atoms with E-state index in [2.05, 4.69) is 32.2 Å². The van der Waals surface area contributed by atoms with E-state index in [1.165, 1.54) is 0 Å². The largest absolute Gasteiger partial charge is 0.497 e. The molecule has 3 rings (SSSR count). The normalized spacial score (nSPS) is 10.6. The number of hydrogen-bond donors (Lipinski definition) is 0. The van der Waals surface area contributed by atoms with Crippen molar-refractivity contribution in [1.82, 2.24) is 14.8 Å². The zero-order valence-electron chi connectivity index (χ0n) is 13.3. The third kappa shape index (κ3) is 3.73. The van der Waals surface area contributed by atoms with E-state index < -0.39 is 0 Å². The van der Waals surface area contributed by atoms with Crippen molar-refractivity contribution >= 4 is 27.7 Å². The fourth-order valence-electron chi connectivity index (χ4n) is 2.26. The Morgan fingerprint density at radius 3 is 2.79 bits per heavy atom. The molecule has 0 saturated heterocycles.